The molecule has 13 N–H and O–H groups in total. The van der Waals surface area contributed by atoms with Crippen molar-refractivity contribution in [2.75, 3.05) is 19.8 Å². The molecule has 20 heteroatoms. The second-order valence-corrected chi connectivity index (χ2v) is 11.4. The molecule has 14 atom stereocenters. The Morgan fingerprint density at radius 2 is 1.57 bits per heavy atom. The lowest BCUT2D eigenvalue weighted by molar-refractivity contribution is -0.340. The molecule has 0 saturated carbocycles. The Hall–Kier alpha value is -0.550. The number of rotatable bonds is 12. The third kappa shape index (κ3) is 8.29. The number of carbonyl (C=O) groups is 2. The number of aliphatic hydroxyl groups excluding tert-OH is 8. The molecule has 0 bridgehead atoms. The van der Waals surface area contributed by atoms with E-state index in [-0.39, 0.29) is 6.29 Å². The number of aldehydes is 1. The minimum absolute atomic E-state index is 0.128. The highest BCUT2D eigenvalue weighted by molar-refractivity contribution is 6.76. The van der Waals surface area contributed by atoms with Gasteiger partial charge in [-0.3, -0.25) is 4.79 Å². The summed E-state index contributed by atoms with van der Waals surface area (Å²) in [7, 11) is 0. The third-order valence-corrected chi connectivity index (χ3v) is 6.89. The van der Waals surface area contributed by atoms with Crippen LogP contribution in [0.5, 0.6) is 0 Å². The van der Waals surface area contributed by atoms with Gasteiger partial charge in [0.2, 0.25) is 0 Å². The monoisotopic (exact) mass is 645 g/mol. The number of ether oxygens (including phenoxy) is 4. The van der Waals surface area contributed by atoms with Gasteiger partial charge >= 0.3 is 0 Å². The average Bonchev–Trinajstić information content (AvgIpc) is 2.92. The van der Waals surface area contributed by atoms with Crippen LogP contribution >= 0.6 is 34.8 Å². The fourth-order valence-electron chi connectivity index (χ4n) is 4.08. The van der Waals surface area contributed by atoms with Gasteiger partial charge in [0.25, 0.3) is 9.70 Å². The Balaban J connectivity index is 2.42. The number of hydrogen-bond donors (Lipinski definition) is 11. The predicted molar refractivity (Wildman–Crippen MR) is 133 cm³/mol. The zero-order chi connectivity index (χ0) is 30.5. The van der Waals surface area contributed by atoms with Crippen molar-refractivity contribution >= 4 is 47.0 Å². The summed E-state index contributed by atoms with van der Waals surface area (Å²) in [6.07, 6.45) is -18.7. The molecule has 234 valence electrons. The highest BCUT2D eigenvalue weighted by atomic mass is 35.6. The van der Waals surface area contributed by atoms with Crippen LogP contribution in [-0.4, -0.2) is 162 Å². The summed E-state index contributed by atoms with van der Waals surface area (Å²) < 4.78 is 19.6. The molecular weight excluding hydrogens is 613 g/mol. The summed E-state index contributed by atoms with van der Waals surface area (Å²) in [5.41, 5.74) is 11.4. The van der Waals surface area contributed by atoms with E-state index in [9.17, 15) is 50.4 Å². The molecule has 2 rings (SSSR count). The first kappa shape index (κ1) is 35.6. The molecule has 0 aromatic heterocycles. The van der Waals surface area contributed by atoms with Gasteiger partial charge in [0.1, 0.15) is 67.3 Å². The van der Waals surface area contributed by atoms with Gasteiger partial charge in [0, 0.05) is 0 Å². The average molecular weight is 647 g/mol. The molecule has 40 heavy (non-hydrogen) atoms. The summed E-state index contributed by atoms with van der Waals surface area (Å²) in [6, 6.07) is -4.82. The zero-order valence-corrected chi connectivity index (χ0v) is 22.9. The van der Waals surface area contributed by atoms with E-state index in [4.69, 9.17) is 65.2 Å². The molecule has 2 aliphatic rings. The summed E-state index contributed by atoms with van der Waals surface area (Å²) in [4.78, 5) is 23.6. The lowest BCUT2D eigenvalue weighted by Crippen LogP contribution is -2.69. The summed E-state index contributed by atoms with van der Waals surface area (Å²) in [5.74, 6) is -1.31. The fourth-order valence-corrected chi connectivity index (χ4v) is 4.24. The normalized spacial score (nSPS) is 38.2. The van der Waals surface area contributed by atoms with Crippen molar-refractivity contribution in [3.8, 4) is 0 Å². The molecule has 1 amide bonds. The lowest BCUT2D eigenvalue weighted by Gasteiger charge is -2.48. The third-order valence-electron chi connectivity index (χ3n) is 6.37. The number of halogens is 3. The Labute approximate surface area is 242 Å². The van der Waals surface area contributed by atoms with E-state index >= 15 is 0 Å². The molecule has 17 nitrogen and oxygen atoms in total. The van der Waals surface area contributed by atoms with Crippen LogP contribution in [-0.2, 0) is 28.5 Å². The summed E-state index contributed by atoms with van der Waals surface area (Å²) in [5, 5.41) is 83.0. The first-order chi connectivity index (χ1) is 18.6. The Bertz CT molecular complexity index is 829. The molecule has 0 spiro atoms. The Kier molecular flexibility index (Phi) is 13.6. The SMILES string of the molecule is N[C@H]1[C@H](O[C@H]2[C@H](O)[C@@H](NC(=O)C(Cl)(Cl)Cl)[C@H](O[C@@H]([C@H](O)[C@@H](N)C=O)[C@H](O)CO)O[C@@H]2CO)O[C@H](CO)[C@@H](O)[C@@H]1O. The largest absolute Gasteiger partial charge is 0.394 e. The van der Waals surface area contributed by atoms with E-state index < -0.39 is 115 Å². The zero-order valence-electron chi connectivity index (χ0n) is 20.6. The van der Waals surface area contributed by atoms with Crippen molar-refractivity contribution in [2.24, 2.45) is 11.5 Å². The van der Waals surface area contributed by atoms with Gasteiger partial charge in [0.15, 0.2) is 12.6 Å². The topological polar surface area (TPSA) is 297 Å². The predicted octanol–water partition coefficient (Wildman–Crippen LogP) is -6.30. The van der Waals surface area contributed by atoms with E-state index in [2.05, 4.69) is 5.32 Å². The van der Waals surface area contributed by atoms with Gasteiger partial charge < -0.3 is 81.4 Å². The molecule has 0 unspecified atom stereocenters. The maximum atomic E-state index is 12.5. The fraction of sp³-hybridized carbons (Fsp3) is 0.900. The van der Waals surface area contributed by atoms with E-state index in [1.54, 1.807) is 0 Å². The summed E-state index contributed by atoms with van der Waals surface area (Å²) >= 11 is 16.9. The van der Waals surface area contributed by atoms with Crippen molar-refractivity contribution in [1.82, 2.24) is 5.32 Å². The quantitative estimate of drug-likeness (QED) is 0.0694. The van der Waals surface area contributed by atoms with Crippen molar-refractivity contribution < 1.29 is 69.4 Å². The van der Waals surface area contributed by atoms with Crippen molar-refractivity contribution in [2.45, 2.75) is 89.4 Å². The Morgan fingerprint density at radius 1 is 1.00 bits per heavy atom. The molecule has 0 aromatic carbocycles. The molecule has 0 radical (unpaired) electrons. The van der Waals surface area contributed by atoms with Gasteiger partial charge in [-0.25, -0.2) is 0 Å². The van der Waals surface area contributed by atoms with Gasteiger partial charge in [-0.15, -0.1) is 0 Å². The second-order valence-electron chi connectivity index (χ2n) is 9.15. The molecule has 2 saturated heterocycles. The number of carbonyl (C=O) groups excluding carboxylic acids is 2. The lowest BCUT2D eigenvalue weighted by atomic mass is 9.94. The van der Waals surface area contributed by atoms with Crippen molar-refractivity contribution in [3.05, 3.63) is 0 Å². The molecule has 2 aliphatic heterocycles. The summed E-state index contributed by atoms with van der Waals surface area (Å²) in [6.45, 7) is -2.65. The number of nitrogens with one attached hydrogen (secondary N) is 1. The first-order valence-electron chi connectivity index (χ1n) is 11.8. The van der Waals surface area contributed by atoms with Gasteiger partial charge in [0.05, 0.1) is 31.9 Å². The molecule has 2 heterocycles. The van der Waals surface area contributed by atoms with Gasteiger partial charge in [-0.05, 0) is 0 Å². The maximum Gasteiger partial charge on any atom is 0.272 e. The smallest absolute Gasteiger partial charge is 0.272 e. The van der Waals surface area contributed by atoms with Crippen LogP contribution in [0.25, 0.3) is 0 Å². The van der Waals surface area contributed by atoms with E-state index in [0.717, 1.165) is 0 Å². The number of aliphatic hydroxyl groups is 8. The molecule has 0 aliphatic carbocycles. The van der Waals surface area contributed by atoms with Crippen LogP contribution in [0.4, 0.5) is 0 Å². The Morgan fingerprint density at radius 3 is 2.08 bits per heavy atom. The van der Waals surface area contributed by atoms with Crippen LogP contribution in [0.1, 0.15) is 0 Å². The van der Waals surface area contributed by atoms with Crippen LogP contribution in [0.2, 0.25) is 0 Å². The van der Waals surface area contributed by atoms with Crippen LogP contribution in [0.15, 0.2) is 0 Å². The van der Waals surface area contributed by atoms with Gasteiger partial charge in [-0.1, -0.05) is 34.8 Å². The maximum absolute atomic E-state index is 12.5. The number of hydrogen-bond acceptors (Lipinski definition) is 16. The molecule has 0 aromatic rings. The minimum atomic E-state index is -2.58. The number of nitrogens with two attached hydrogens (primary N) is 2. The molecular formula is C20H34Cl3N3O14. The van der Waals surface area contributed by atoms with Crippen LogP contribution in [0, 0.1) is 0 Å². The van der Waals surface area contributed by atoms with E-state index in [1.807, 2.05) is 0 Å². The van der Waals surface area contributed by atoms with Crippen molar-refractivity contribution in [1.29, 1.82) is 0 Å². The molecule has 2 fully saturated rings. The van der Waals surface area contributed by atoms with Gasteiger partial charge in [-0.2, -0.15) is 0 Å². The highest BCUT2D eigenvalue weighted by Crippen LogP contribution is 2.32. The first-order valence-corrected chi connectivity index (χ1v) is 12.9. The van der Waals surface area contributed by atoms with E-state index in [1.165, 1.54) is 0 Å². The second kappa shape index (κ2) is 15.3. The standard InChI is InChI=1S/C20H34Cl3N3O14/c21-20(22,23)19(36)26-10-14(35)16(40-17-9(25)13(34)12(33)7(3-29)37-17)8(4-30)38-18(10)39-15(6(31)2-28)11(32)5(24)1-27/h1,5-18,28-35H,2-4,24-25H2,(H,26,36)/t5-,6+,7+,8+,9+,10+,11+,12+,13+,14+,15+,16+,17-,18-/m0/s1. The van der Waals surface area contributed by atoms with Crippen molar-refractivity contribution in [3.63, 3.8) is 0 Å². The van der Waals surface area contributed by atoms with Crippen LogP contribution in [0.3, 0.4) is 0 Å². The number of alkyl halides is 3. The minimum Gasteiger partial charge on any atom is -0.394 e. The van der Waals surface area contributed by atoms with E-state index in [0.29, 0.717) is 0 Å². The van der Waals surface area contributed by atoms with Crippen LogP contribution < -0.4 is 16.8 Å². The highest BCUT2D eigenvalue weighted by Gasteiger charge is 2.53. The number of amides is 1.